The summed E-state index contributed by atoms with van der Waals surface area (Å²) in [6, 6.07) is 0. The number of nitrogens with one attached hydrogen (secondary N) is 1. The van der Waals surface area contributed by atoms with Crippen molar-refractivity contribution in [3.8, 4) is 0 Å². The molecule has 0 aromatic rings. The number of carbonyl (C=O) groups excluding carboxylic acids is 1. The second kappa shape index (κ2) is 5.36. The van der Waals surface area contributed by atoms with E-state index in [1.54, 1.807) is 7.11 Å². The van der Waals surface area contributed by atoms with Crippen LogP contribution in [-0.4, -0.2) is 51.2 Å². The molecule has 1 aliphatic heterocycles. The molecule has 1 N–H and O–H groups in total. The van der Waals surface area contributed by atoms with Crippen LogP contribution in [0.3, 0.4) is 0 Å². The Hall–Kier alpha value is -0.610. The van der Waals surface area contributed by atoms with Gasteiger partial charge in [0.05, 0.1) is 13.2 Å². The van der Waals surface area contributed by atoms with Crippen LogP contribution in [0.25, 0.3) is 0 Å². The first-order valence-corrected chi connectivity index (χ1v) is 6.63. The van der Waals surface area contributed by atoms with Gasteiger partial charge in [0.2, 0.25) is 5.91 Å². The molecule has 0 spiro atoms. The molecule has 4 nitrogen and oxygen atoms in total. The largest absolute Gasteiger partial charge is 0.384 e. The first kappa shape index (κ1) is 12.8. The lowest BCUT2D eigenvalue weighted by Crippen LogP contribution is -2.39. The predicted molar refractivity (Wildman–Crippen MR) is 66.8 cm³/mol. The van der Waals surface area contributed by atoms with E-state index in [9.17, 15) is 4.79 Å². The van der Waals surface area contributed by atoms with E-state index < -0.39 is 0 Å². The Morgan fingerprint density at radius 1 is 1.53 bits per heavy atom. The Labute approximate surface area is 104 Å². The average Bonchev–Trinajstić information content (AvgIpc) is 2.69. The SMILES string of the molecule is CNCC(=O)N1C[C@@H]2CCCC[C@@]2(COC)C1. The van der Waals surface area contributed by atoms with E-state index >= 15 is 0 Å². The fraction of sp³-hybridized carbons (Fsp3) is 0.923. The van der Waals surface area contributed by atoms with Crippen LogP contribution >= 0.6 is 0 Å². The van der Waals surface area contributed by atoms with Crippen molar-refractivity contribution in [3.05, 3.63) is 0 Å². The number of methoxy groups -OCH3 is 1. The molecule has 0 radical (unpaired) electrons. The van der Waals surface area contributed by atoms with Gasteiger partial charge in [0.15, 0.2) is 0 Å². The van der Waals surface area contributed by atoms with Crippen LogP contribution in [0.5, 0.6) is 0 Å². The van der Waals surface area contributed by atoms with Gasteiger partial charge < -0.3 is 15.0 Å². The highest BCUT2D eigenvalue weighted by Crippen LogP contribution is 2.46. The number of fused-ring (bicyclic) bond motifs is 1. The highest BCUT2D eigenvalue weighted by atomic mass is 16.5. The Kier molecular flexibility index (Phi) is 4.05. The molecule has 0 bridgehead atoms. The first-order chi connectivity index (χ1) is 8.22. The van der Waals surface area contributed by atoms with Crippen molar-refractivity contribution in [2.45, 2.75) is 25.7 Å². The van der Waals surface area contributed by atoms with Crippen LogP contribution in [0.1, 0.15) is 25.7 Å². The number of likely N-dealkylation sites (tertiary alicyclic amines) is 1. The number of hydrogen-bond donors (Lipinski definition) is 1. The Morgan fingerprint density at radius 3 is 3.06 bits per heavy atom. The van der Waals surface area contributed by atoms with E-state index in [-0.39, 0.29) is 11.3 Å². The molecule has 98 valence electrons. The fourth-order valence-electron chi connectivity index (χ4n) is 3.56. The molecule has 1 saturated heterocycles. The lowest BCUT2D eigenvalue weighted by Gasteiger charge is -2.37. The summed E-state index contributed by atoms with van der Waals surface area (Å²) in [6.07, 6.45) is 5.07. The van der Waals surface area contributed by atoms with Crippen molar-refractivity contribution in [3.63, 3.8) is 0 Å². The van der Waals surface area contributed by atoms with Crippen molar-refractivity contribution < 1.29 is 9.53 Å². The number of amides is 1. The van der Waals surface area contributed by atoms with E-state index in [2.05, 4.69) is 5.32 Å². The molecule has 1 saturated carbocycles. The van der Waals surface area contributed by atoms with Crippen molar-refractivity contribution >= 4 is 5.91 Å². The lowest BCUT2D eigenvalue weighted by molar-refractivity contribution is -0.129. The quantitative estimate of drug-likeness (QED) is 0.793. The third-order valence-electron chi connectivity index (χ3n) is 4.40. The van der Waals surface area contributed by atoms with E-state index in [0.29, 0.717) is 12.5 Å². The van der Waals surface area contributed by atoms with Gasteiger partial charge in [-0.1, -0.05) is 12.8 Å². The number of carbonyl (C=O) groups is 1. The molecule has 0 aromatic heterocycles. The van der Waals surface area contributed by atoms with Gasteiger partial charge in [-0.2, -0.15) is 0 Å². The number of likely N-dealkylation sites (N-methyl/N-ethyl adjacent to an activating group) is 1. The monoisotopic (exact) mass is 240 g/mol. The zero-order chi connectivity index (χ0) is 12.3. The lowest BCUT2D eigenvalue weighted by atomic mass is 9.69. The number of hydrogen-bond acceptors (Lipinski definition) is 3. The van der Waals surface area contributed by atoms with Gasteiger partial charge in [0.1, 0.15) is 0 Å². The van der Waals surface area contributed by atoms with Crippen molar-refractivity contribution in [2.24, 2.45) is 11.3 Å². The summed E-state index contributed by atoms with van der Waals surface area (Å²) in [5.74, 6) is 0.884. The minimum Gasteiger partial charge on any atom is -0.384 e. The van der Waals surface area contributed by atoms with Crippen molar-refractivity contribution in [2.75, 3.05) is 40.4 Å². The van der Waals surface area contributed by atoms with E-state index in [4.69, 9.17) is 4.74 Å². The molecule has 0 unspecified atom stereocenters. The van der Waals surface area contributed by atoms with Gasteiger partial charge in [-0.15, -0.1) is 0 Å². The Balaban J connectivity index is 2.05. The number of rotatable bonds is 4. The van der Waals surface area contributed by atoms with Crippen LogP contribution in [-0.2, 0) is 9.53 Å². The minimum absolute atomic E-state index is 0.234. The maximum absolute atomic E-state index is 12.0. The van der Waals surface area contributed by atoms with Gasteiger partial charge in [0.25, 0.3) is 0 Å². The average molecular weight is 240 g/mol. The zero-order valence-electron chi connectivity index (χ0n) is 11.0. The van der Waals surface area contributed by atoms with E-state index in [0.717, 1.165) is 19.7 Å². The van der Waals surface area contributed by atoms with E-state index in [1.807, 2.05) is 11.9 Å². The number of nitrogens with zero attached hydrogens (tertiary/aromatic N) is 1. The summed E-state index contributed by atoms with van der Waals surface area (Å²) < 4.78 is 5.42. The standard InChI is InChI=1S/C13H24N2O2/c1-14-7-12(16)15-8-11-5-3-4-6-13(11,9-15)10-17-2/h11,14H,3-10H2,1-2H3/t11-,13-/m0/s1. The molecule has 1 aliphatic carbocycles. The Bertz CT molecular complexity index is 279. The first-order valence-electron chi connectivity index (χ1n) is 6.63. The van der Waals surface area contributed by atoms with Crippen LogP contribution in [0.4, 0.5) is 0 Å². The topological polar surface area (TPSA) is 41.6 Å². The van der Waals surface area contributed by atoms with Gasteiger partial charge >= 0.3 is 0 Å². The molecule has 17 heavy (non-hydrogen) atoms. The third kappa shape index (κ3) is 2.47. The summed E-state index contributed by atoms with van der Waals surface area (Å²) in [6.45, 7) is 3.09. The van der Waals surface area contributed by atoms with Gasteiger partial charge in [-0.05, 0) is 25.8 Å². The van der Waals surface area contributed by atoms with Gasteiger partial charge in [-0.3, -0.25) is 4.79 Å². The summed E-state index contributed by atoms with van der Waals surface area (Å²) in [5.41, 5.74) is 0.246. The highest BCUT2D eigenvalue weighted by Gasteiger charge is 2.48. The highest BCUT2D eigenvalue weighted by molar-refractivity contribution is 5.78. The zero-order valence-corrected chi connectivity index (χ0v) is 11.0. The maximum atomic E-state index is 12.0. The molecule has 2 rings (SSSR count). The summed E-state index contributed by atoms with van der Waals surface area (Å²) in [7, 11) is 3.60. The molecule has 2 atom stereocenters. The van der Waals surface area contributed by atoms with Gasteiger partial charge in [-0.25, -0.2) is 0 Å². The smallest absolute Gasteiger partial charge is 0.236 e. The minimum atomic E-state index is 0.234. The third-order valence-corrected chi connectivity index (χ3v) is 4.40. The molecule has 1 amide bonds. The van der Waals surface area contributed by atoms with E-state index in [1.165, 1.54) is 25.7 Å². The van der Waals surface area contributed by atoms with Crippen LogP contribution < -0.4 is 5.32 Å². The van der Waals surface area contributed by atoms with Gasteiger partial charge in [0, 0.05) is 25.6 Å². The predicted octanol–water partition coefficient (Wildman–Crippen LogP) is 0.871. The molecule has 1 heterocycles. The Morgan fingerprint density at radius 2 is 2.35 bits per heavy atom. The van der Waals surface area contributed by atoms with Crippen LogP contribution in [0.15, 0.2) is 0 Å². The van der Waals surface area contributed by atoms with Crippen molar-refractivity contribution in [1.82, 2.24) is 10.2 Å². The summed E-state index contributed by atoms with van der Waals surface area (Å²) >= 11 is 0. The van der Waals surface area contributed by atoms with Crippen LogP contribution in [0, 0.1) is 11.3 Å². The summed E-state index contributed by atoms with van der Waals surface area (Å²) in [4.78, 5) is 14.0. The van der Waals surface area contributed by atoms with Crippen molar-refractivity contribution in [1.29, 1.82) is 0 Å². The molecular weight excluding hydrogens is 216 g/mol. The normalized spacial score (nSPS) is 32.6. The number of ether oxygens (including phenoxy) is 1. The fourth-order valence-corrected chi connectivity index (χ4v) is 3.56. The van der Waals surface area contributed by atoms with Crippen LogP contribution in [0.2, 0.25) is 0 Å². The molecular formula is C13H24N2O2. The maximum Gasteiger partial charge on any atom is 0.236 e. The summed E-state index contributed by atoms with van der Waals surface area (Å²) in [5, 5.41) is 2.95. The molecule has 0 aromatic carbocycles. The molecule has 4 heteroatoms. The second-order valence-corrected chi connectivity index (χ2v) is 5.54. The molecule has 2 aliphatic rings. The molecule has 2 fully saturated rings. The second-order valence-electron chi connectivity index (χ2n) is 5.54.